The van der Waals surface area contributed by atoms with Crippen LogP contribution in [-0.4, -0.2) is 18.4 Å². The van der Waals surface area contributed by atoms with Crippen molar-refractivity contribution in [2.75, 3.05) is 0 Å². The molecular formula is C11H13BrN4O3S. The summed E-state index contributed by atoms with van der Waals surface area (Å²) in [6.07, 6.45) is 1.58. The standard InChI is InChI=1S/C11H13BrN4O3S/c1-7-14-3-2-8(16-7)6-15-20(17,18)10-4-9(5-13)19-11(10)12/h2-4,15H,5-6,13H2,1H3. The molecule has 108 valence electrons. The minimum absolute atomic E-state index is 0.0173. The van der Waals surface area contributed by atoms with Crippen molar-refractivity contribution in [1.82, 2.24) is 14.7 Å². The molecule has 0 fully saturated rings. The second-order valence-corrected chi connectivity index (χ2v) is 6.43. The van der Waals surface area contributed by atoms with Crippen LogP contribution in [0.25, 0.3) is 0 Å². The Hall–Kier alpha value is -1.29. The summed E-state index contributed by atoms with van der Waals surface area (Å²) in [6.45, 7) is 1.93. The number of aryl methyl sites for hydroxylation is 1. The van der Waals surface area contributed by atoms with Crippen molar-refractivity contribution >= 4 is 26.0 Å². The van der Waals surface area contributed by atoms with E-state index in [9.17, 15) is 8.42 Å². The molecule has 0 spiro atoms. The molecule has 3 N–H and O–H groups in total. The van der Waals surface area contributed by atoms with Crippen molar-refractivity contribution in [2.45, 2.75) is 24.9 Å². The summed E-state index contributed by atoms with van der Waals surface area (Å²) >= 11 is 3.06. The maximum absolute atomic E-state index is 12.2. The van der Waals surface area contributed by atoms with Crippen LogP contribution in [0, 0.1) is 6.92 Å². The first kappa shape index (κ1) is 15.1. The SMILES string of the molecule is Cc1nccc(CNS(=O)(=O)c2cc(CN)oc2Br)n1. The highest BCUT2D eigenvalue weighted by Gasteiger charge is 2.22. The van der Waals surface area contributed by atoms with Gasteiger partial charge in [0.2, 0.25) is 10.0 Å². The predicted molar refractivity (Wildman–Crippen MR) is 75.1 cm³/mol. The van der Waals surface area contributed by atoms with Crippen LogP contribution >= 0.6 is 15.9 Å². The molecule has 9 heteroatoms. The molecule has 0 aliphatic carbocycles. The molecule has 0 unspecified atom stereocenters. The summed E-state index contributed by atoms with van der Waals surface area (Å²) in [5.74, 6) is 0.965. The molecule has 2 aromatic heterocycles. The van der Waals surface area contributed by atoms with E-state index in [1.807, 2.05) is 0 Å². The van der Waals surface area contributed by atoms with Crippen LogP contribution in [0.4, 0.5) is 0 Å². The maximum atomic E-state index is 12.2. The highest BCUT2D eigenvalue weighted by atomic mass is 79.9. The number of halogens is 1. The molecule has 7 nitrogen and oxygen atoms in total. The minimum Gasteiger partial charge on any atom is -0.452 e. The van der Waals surface area contributed by atoms with Gasteiger partial charge in [0.1, 0.15) is 16.5 Å². The number of hydrogen-bond acceptors (Lipinski definition) is 6. The van der Waals surface area contributed by atoms with Crippen molar-refractivity contribution in [1.29, 1.82) is 0 Å². The normalized spacial score (nSPS) is 11.8. The largest absolute Gasteiger partial charge is 0.452 e. The minimum atomic E-state index is -3.70. The number of hydrogen-bond donors (Lipinski definition) is 2. The highest BCUT2D eigenvalue weighted by Crippen LogP contribution is 2.25. The molecule has 0 saturated carbocycles. The van der Waals surface area contributed by atoms with Gasteiger partial charge < -0.3 is 10.2 Å². The lowest BCUT2D eigenvalue weighted by atomic mass is 10.4. The van der Waals surface area contributed by atoms with E-state index in [1.54, 1.807) is 19.2 Å². The smallest absolute Gasteiger partial charge is 0.245 e. The number of furan rings is 1. The molecule has 2 aromatic rings. The highest BCUT2D eigenvalue weighted by molar-refractivity contribution is 9.10. The number of nitrogens with zero attached hydrogens (tertiary/aromatic N) is 2. The van der Waals surface area contributed by atoms with Gasteiger partial charge in [0.05, 0.1) is 18.8 Å². The van der Waals surface area contributed by atoms with Crippen molar-refractivity contribution in [3.8, 4) is 0 Å². The Morgan fingerprint density at radius 3 is 2.85 bits per heavy atom. The van der Waals surface area contributed by atoms with Gasteiger partial charge in [0.15, 0.2) is 4.67 Å². The van der Waals surface area contributed by atoms with E-state index in [-0.39, 0.29) is 22.7 Å². The van der Waals surface area contributed by atoms with E-state index in [4.69, 9.17) is 10.2 Å². The fraction of sp³-hybridized carbons (Fsp3) is 0.273. The molecular weight excluding hydrogens is 348 g/mol. The lowest BCUT2D eigenvalue weighted by molar-refractivity contribution is 0.483. The molecule has 0 atom stereocenters. The fourth-order valence-electron chi connectivity index (χ4n) is 1.53. The van der Waals surface area contributed by atoms with E-state index < -0.39 is 10.0 Å². The molecule has 0 aliphatic rings. The maximum Gasteiger partial charge on any atom is 0.245 e. The zero-order valence-electron chi connectivity index (χ0n) is 10.6. The molecule has 0 bridgehead atoms. The molecule has 2 rings (SSSR count). The Morgan fingerprint density at radius 2 is 2.25 bits per heavy atom. The third-order valence-electron chi connectivity index (χ3n) is 2.47. The Kier molecular flexibility index (Phi) is 4.53. The number of sulfonamides is 1. The first-order chi connectivity index (χ1) is 9.42. The molecule has 0 saturated heterocycles. The van der Waals surface area contributed by atoms with Crippen LogP contribution in [0.5, 0.6) is 0 Å². The van der Waals surface area contributed by atoms with E-state index >= 15 is 0 Å². The van der Waals surface area contributed by atoms with Gasteiger partial charge in [-0.15, -0.1) is 0 Å². The Balaban J connectivity index is 2.17. The first-order valence-electron chi connectivity index (χ1n) is 5.69. The van der Waals surface area contributed by atoms with E-state index in [0.29, 0.717) is 17.3 Å². The molecule has 0 radical (unpaired) electrons. The Bertz CT molecular complexity index is 714. The van der Waals surface area contributed by atoms with Gasteiger partial charge in [-0.1, -0.05) is 0 Å². The lowest BCUT2D eigenvalue weighted by Gasteiger charge is -2.05. The van der Waals surface area contributed by atoms with Crippen LogP contribution in [0.3, 0.4) is 0 Å². The summed E-state index contributed by atoms with van der Waals surface area (Å²) in [6, 6.07) is 3.03. The number of aromatic nitrogens is 2. The number of nitrogens with one attached hydrogen (secondary N) is 1. The van der Waals surface area contributed by atoms with Crippen LogP contribution in [0.2, 0.25) is 0 Å². The van der Waals surface area contributed by atoms with Gasteiger partial charge in [0, 0.05) is 12.3 Å². The van der Waals surface area contributed by atoms with Crippen LogP contribution in [-0.2, 0) is 23.1 Å². The average molecular weight is 361 g/mol. The summed E-state index contributed by atoms with van der Waals surface area (Å²) in [7, 11) is -3.70. The number of nitrogens with two attached hydrogens (primary N) is 1. The molecule has 0 amide bonds. The van der Waals surface area contributed by atoms with Gasteiger partial charge >= 0.3 is 0 Å². The van der Waals surface area contributed by atoms with Crippen LogP contribution in [0.1, 0.15) is 17.3 Å². The fourth-order valence-corrected chi connectivity index (χ4v) is 3.53. The lowest BCUT2D eigenvalue weighted by Crippen LogP contribution is -2.23. The summed E-state index contributed by atoms with van der Waals surface area (Å²) in [4.78, 5) is 8.08. The monoisotopic (exact) mass is 360 g/mol. The summed E-state index contributed by atoms with van der Waals surface area (Å²) in [5.41, 5.74) is 5.99. The third kappa shape index (κ3) is 3.42. The van der Waals surface area contributed by atoms with Gasteiger partial charge in [-0.3, -0.25) is 0 Å². The van der Waals surface area contributed by atoms with Gasteiger partial charge in [-0.05, 0) is 28.9 Å². The molecule has 0 aliphatic heterocycles. The van der Waals surface area contributed by atoms with E-state index in [0.717, 1.165) is 0 Å². The number of rotatable bonds is 5. The molecule has 20 heavy (non-hydrogen) atoms. The molecule has 0 aromatic carbocycles. The first-order valence-corrected chi connectivity index (χ1v) is 7.96. The third-order valence-corrected chi connectivity index (χ3v) is 4.73. The van der Waals surface area contributed by atoms with Crippen LogP contribution in [0.15, 0.2) is 32.3 Å². The predicted octanol–water partition coefficient (Wildman–Crippen LogP) is 1.08. The quantitative estimate of drug-likeness (QED) is 0.824. The van der Waals surface area contributed by atoms with Gasteiger partial charge in [-0.25, -0.2) is 23.1 Å². The summed E-state index contributed by atoms with van der Waals surface area (Å²) < 4.78 is 32.1. The molecule has 2 heterocycles. The van der Waals surface area contributed by atoms with Crippen molar-refractivity contribution in [2.24, 2.45) is 5.73 Å². The van der Waals surface area contributed by atoms with Gasteiger partial charge in [0.25, 0.3) is 0 Å². The Labute approximate surface area is 124 Å². The second kappa shape index (κ2) is 6.00. The van der Waals surface area contributed by atoms with E-state index in [2.05, 4.69) is 30.6 Å². The van der Waals surface area contributed by atoms with E-state index in [1.165, 1.54) is 6.07 Å². The van der Waals surface area contributed by atoms with Crippen molar-refractivity contribution < 1.29 is 12.8 Å². The topological polar surface area (TPSA) is 111 Å². The zero-order valence-corrected chi connectivity index (χ0v) is 13.0. The summed E-state index contributed by atoms with van der Waals surface area (Å²) in [5, 5.41) is 0. The second-order valence-electron chi connectivity index (χ2n) is 3.97. The zero-order chi connectivity index (χ0) is 14.8. The van der Waals surface area contributed by atoms with Crippen molar-refractivity contribution in [3.63, 3.8) is 0 Å². The average Bonchev–Trinajstić information content (AvgIpc) is 2.79. The van der Waals surface area contributed by atoms with Crippen LogP contribution < -0.4 is 10.5 Å². The van der Waals surface area contributed by atoms with Gasteiger partial charge in [-0.2, -0.15) is 0 Å². The Morgan fingerprint density at radius 1 is 1.50 bits per heavy atom. The van der Waals surface area contributed by atoms with Crippen molar-refractivity contribution in [3.05, 3.63) is 40.3 Å².